The highest BCUT2D eigenvalue weighted by molar-refractivity contribution is 7.99. The number of aliphatic hydroxyl groups excluding tert-OH is 1. The van der Waals surface area contributed by atoms with Crippen LogP contribution in [0.2, 0.25) is 0 Å². The molecule has 0 radical (unpaired) electrons. The van der Waals surface area contributed by atoms with Crippen molar-refractivity contribution in [2.45, 2.75) is 30.0 Å². The van der Waals surface area contributed by atoms with Crippen LogP contribution in [-0.4, -0.2) is 25.6 Å². The van der Waals surface area contributed by atoms with Gasteiger partial charge in [0.25, 0.3) is 0 Å². The molecule has 2 aromatic rings. The first-order valence-electron chi connectivity index (χ1n) is 6.61. The molecule has 1 fully saturated rings. The highest BCUT2D eigenvalue weighted by atomic mass is 32.2. The Morgan fingerprint density at radius 1 is 1.35 bits per heavy atom. The van der Waals surface area contributed by atoms with Crippen LogP contribution in [0, 0.1) is 5.82 Å². The summed E-state index contributed by atoms with van der Waals surface area (Å²) < 4.78 is 14.8. The molecule has 1 saturated carbocycles. The van der Waals surface area contributed by atoms with E-state index in [4.69, 9.17) is 0 Å². The first kappa shape index (κ1) is 13.6. The van der Waals surface area contributed by atoms with E-state index in [2.05, 4.69) is 10.2 Å². The molecule has 4 nitrogen and oxygen atoms in total. The van der Waals surface area contributed by atoms with Crippen LogP contribution < -0.4 is 0 Å². The summed E-state index contributed by atoms with van der Waals surface area (Å²) in [5.41, 5.74) is 0.712. The van der Waals surface area contributed by atoms with Crippen LogP contribution in [0.4, 0.5) is 4.39 Å². The largest absolute Gasteiger partial charge is 0.388 e. The van der Waals surface area contributed by atoms with Gasteiger partial charge in [-0.1, -0.05) is 23.9 Å². The van der Waals surface area contributed by atoms with Gasteiger partial charge >= 0.3 is 0 Å². The topological polar surface area (TPSA) is 50.9 Å². The minimum absolute atomic E-state index is 0.295. The summed E-state index contributed by atoms with van der Waals surface area (Å²) in [6.45, 7) is 0. The molecule has 1 aliphatic carbocycles. The smallest absolute Gasteiger partial charge is 0.191 e. The second-order valence-electron chi connectivity index (χ2n) is 5.05. The van der Waals surface area contributed by atoms with Crippen LogP contribution in [0.1, 0.15) is 36.3 Å². The third kappa shape index (κ3) is 2.86. The van der Waals surface area contributed by atoms with Crippen LogP contribution in [0.5, 0.6) is 0 Å². The summed E-state index contributed by atoms with van der Waals surface area (Å²) in [7, 11) is 1.96. The molecule has 0 amide bonds. The normalized spacial score (nSPS) is 16.4. The Kier molecular flexibility index (Phi) is 3.76. The Balaban J connectivity index is 1.62. The number of benzene rings is 1. The van der Waals surface area contributed by atoms with E-state index in [-0.39, 0.29) is 5.82 Å². The molecular weight excluding hydrogens is 277 g/mol. The summed E-state index contributed by atoms with van der Waals surface area (Å²) in [5, 5.41) is 19.3. The van der Waals surface area contributed by atoms with Crippen molar-refractivity contribution in [3.8, 4) is 0 Å². The van der Waals surface area contributed by atoms with Gasteiger partial charge in [-0.2, -0.15) is 0 Å². The number of rotatable bonds is 5. The van der Waals surface area contributed by atoms with Crippen LogP contribution in [0.3, 0.4) is 0 Å². The Morgan fingerprint density at radius 2 is 2.05 bits per heavy atom. The van der Waals surface area contributed by atoms with E-state index in [1.807, 2.05) is 11.6 Å². The van der Waals surface area contributed by atoms with E-state index in [1.54, 1.807) is 12.1 Å². The molecule has 3 rings (SSSR count). The lowest BCUT2D eigenvalue weighted by Crippen LogP contribution is -2.03. The Labute approximate surface area is 121 Å². The number of thioether (sulfide) groups is 1. The number of halogens is 1. The van der Waals surface area contributed by atoms with E-state index in [1.165, 1.54) is 36.7 Å². The maximum Gasteiger partial charge on any atom is 0.191 e. The average molecular weight is 293 g/mol. The minimum atomic E-state index is -0.637. The van der Waals surface area contributed by atoms with Gasteiger partial charge in [0.2, 0.25) is 0 Å². The van der Waals surface area contributed by atoms with E-state index >= 15 is 0 Å². The highest BCUT2D eigenvalue weighted by Crippen LogP contribution is 2.39. The molecule has 0 saturated heterocycles. The first-order valence-corrected chi connectivity index (χ1v) is 7.59. The van der Waals surface area contributed by atoms with E-state index in [0.717, 1.165) is 11.0 Å². The van der Waals surface area contributed by atoms with Gasteiger partial charge in [-0.15, -0.1) is 10.2 Å². The summed E-state index contributed by atoms with van der Waals surface area (Å²) in [5.74, 6) is 1.77. The average Bonchev–Trinajstić information content (AvgIpc) is 3.22. The molecule has 1 atom stereocenters. The minimum Gasteiger partial charge on any atom is -0.388 e. The lowest BCUT2D eigenvalue weighted by Gasteiger charge is -2.10. The fourth-order valence-electron chi connectivity index (χ4n) is 2.08. The summed E-state index contributed by atoms with van der Waals surface area (Å²) in [6.07, 6.45) is 1.74. The SMILES string of the molecule is Cn1c(SCC(O)c2ccc(F)cc2)nnc1C1CC1. The molecule has 1 heterocycles. The maximum atomic E-state index is 12.8. The molecular formula is C14H16FN3OS. The third-order valence-corrected chi connectivity index (χ3v) is 4.53. The zero-order valence-electron chi connectivity index (χ0n) is 11.2. The summed E-state index contributed by atoms with van der Waals surface area (Å²) in [6, 6.07) is 5.92. The number of hydrogen-bond donors (Lipinski definition) is 1. The van der Waals surface area contributed by atoms with Crippen LogP contribution in [-0.2, 0) is 7.05 Å². The van der Waals surface area contributed by atoms with Gasteiger partial charge in [-0.05, 0) is 30.5 Å². The van der Waals surface area contributed by atoms with E-state index in [0.29, 0.717) is 17.2 Å². The van der Waals surface area contributed by atoms with Crippen molar-refractivity contribution in [1.82, 2.24) is 14.8 Å². The first-order chi connectivity index (χ1) is 9.65. The maximum absolute atomic E-state index is 12.8. The van der Waals surface area contributed by atoms with Crippen molar-refractivity contribution >= 4 is 11.8 Å². The number of aliphatic hydroxyl groups is 1. The predicted molar refractivity (Wildman–Crippen MR) is 75.1 cm³/mol. The van der Waals surface area contributed by atoms with Crippen molar-refractivity contribution in [2.75, 3.05) is 5.75 Å². The van der Waals surface area contributed by atoms with Crippen LogP contribution >= 0.6 is 11.8 Å². The zero-order valence-corrected chi connectivity index (χ0v) is 12.0. The quantitative estimate of drug-likeness (QED) is 0.861. The van der Waals surface area contributed by atoms with Gasteiger partial charge in [0.1, 0.15) is 11.6 Å². The highest BCUT2D eigenvalue weighted by Gasteiger charge is 2.29. The number of nitrogens with zero attached hydrogens (tertiary/aromatic N) is 3. The molecule has 0 aliphatic heterocycles. The molecule has 106 valence electrons. The Bertz CT molecular complexity index is 595. The second kappa shape index (κ2) is 5.54. The molecule has 1 aromatic heterocycles. The summed E-state index contributed by atoms with van der Waals surface area (Å²) >= 11 is 1.47. The molecule has 1 N–H and O–H groups in total. The number of aromatic nitrogens is 3. The van der Waals surface area contributed by atoms with Crippen molar-refractivity contribution in [3.05, 3.63) is 41.5 Å². The zero-order chi connectivity index (χ0) is 14.1. The van der Waals surface area contributed by atoms with Gasteiger partial charge in [-0.3, -0.25) is 0 Å². The fraction of sp³-hybridized carbons (Fsp3) is 0.429. The van der Waals surface area contributed by atoms with Crippen molar-refractivity contribution in [1.29, 1.82) is 0 Å². The van der Waals surface area contributed by atoms with Gasteiger partial charge < -0.3 is 9.67 Å². The van der Waals surface area contributed by atoms with Crippen molar-refractivity contribution < 1.29 is 9.50 Å². The Morgan fingerprint density at radius 3 is 2.70 bits per heavy atom. The Hall–Kier alpha value is -1.40. The molecule has 20 heavy (non-hydrogen) atoms. The number of hydrogen-bond acceptors (Lipinski definition) is 4. The van der Waals surface area contributed by atoms with Gasteiger partial charge in [0.05, 0.1) is 6.10 Å². The van der Waals surface area contributed by atoms with E-state index in [9.17, 15) is 9.50 Å². The van der Waals surface area contributed by atoms with Crippen LogP contribution in [0.25, 0.3) is 0 Å². The van der Waals surface area contributed by atoms with Crippen LogP contribution in [0.15, 0.2) is 29.4 Å². The van der Waals surface area contributed by atoms with Crippen molar-refractivity contribution in [3.63, 3.8) is 0 Å². The lowest BCUT2D eigenvalue weighted by molar-refractivity contribution is 0.204. The monoisotopic (exact) mass is 293 g/mol. The van der Waals surface area contributed by atoms with Gasteiger partial charge in [-0.25, -0.2) is 4.39 Å². The fourth-order valence-corrected chi connectivity index (χ4v) is 2.97. The van der Waals surface area contributed by atoms with Crippen molar-refractivity contribution in [2.24, 2.45) is 7.05 Å². The lowest BCUT2D eigenvalue weighted by atomic mass is 10.1. The van der Waals surface area contributed by atoms with Gasteiger partial charge in [0.15, 0.2) is 5.16 Å². The predicted octanol–water partition coefficient (Wildman–Crippen LogP) is 2.66. The summed E-state index contributed by atoms with van der Waals surface area (Å²) in [4.78, 5) is 0. The molecule has 0 bridgehead atoms. The molecule has 1 aromatic carbocycles. The standard InChI is InChI=1S/C14H16FN3OS/c1-18-13(10-2-3-10)16-17-14(18)20-8-12(19)9-4-6-11(15)7-5-9/h4-7,10,12,19H,2-3,8H2,1H3. The van der Waals surface area contributed by atoms with E-state index < -0.39 is 6.10 Å². The molecule has 1 aliphatic rings. The van der Waals surface area contributed by atoms with Gasteiger partial charge in [0, 0.05) is 18.7 Å². The second-order valence-corrected chi connectivity index (χ2v) is 6.04. The molecule has 1 unspecified atom stereocenters. The third-order valence-electron chi connectivity index (χ3n) is 3.44. The molecule has 0 spiro atoms. The molecule has 6 heteroatoms.